The van der Waals surface area contributed by atoms with Crippen LogP contribution >= 0.6 is 0 Å². The van der Waals surface area contributed by atoms with Crippen molar-refractivity contribution < 1.29 is 42.5 Å². The number of carbonyl (C=O) groups is 4. The quantitative estimate of drug-likeness (QED) is 0.401. The number of nitrogens with zero attached hydrogens (tertiary/aromatic N) is 3. The number of aryl methyl sites for hydroxylation is 2. The molecule has 5 rings (SSSR count). The number of hydrogen-bond donors (Lipinski definition) is 0. The number of benzene rings is 1. The van der Waals surface area contributed by atoms with Gasteiger partial charge < -0.3 is 28.3 Å². The van der Waals surface area contributed by atoms with Crippen molar-refractivity contribution in [3.8, 4) is 5.75 Å². The molecule has 1 aromatic carbocycles. The predicted molar refractivity (Wildman–Crippen MR) is 140 cm³/mol. The number of aliphatic imine (C=N–C) groups is 1. The molecule has 3 aliphatic rings. The Balaban J connectivity index is 1.87. The van der Waals surface area contributed by atoms with Crippen LogP contribution in [0.1, 0.15) is 33.9 Å². The second-order valence-corrected chi connectivity index (χ2v) is 9.79. The van der Waals surface area contributed by atoms with E-state index in [0.717, 1.165) is 7.11 Å². The summed E-state index contributed by atoms with van der Waals surface area (Å²) in [5.41, 5.74) is -0.0424. The molecule has 0 saturated carbocycles. The van der Waals surface area contributed by atoms with E-state index in [1.165, 1.54) is 26.2 Å². The van der Waals surface area contributed by atoms with Gasteiger partial charge in [0.2, 0.25) is 0 Å². The number of furan rings is 1. The molecule has 0 radical (unpaired) electrons. The fourth-order valence-electron chi connectivity index (χ4n) is 6.23. The number of amides is 1. The Morgan fingerprint density at radius 2 is 1.70 bits per heavy atom. The van der Waals surface area contributed by atoms with Crippen molar-refractivity contribution in [2.24, 2.45) is 4.99 Å². The van der Waals surface area contributed by atoms with Crippen molar-refractivity contribution in [1.82, 2.24) is 4.90 Å². The molecule has 0 N–H and O–H groups in total. The van der Waals surface area contributed by atoms with Crippen LogP contribution in [0.15, 0.2) is 44.9 Å². The molecule has 0 unspecified atom stereocenters. The molecule has 0 bridgehead atoms. The van der Waals surface area contributed by atoms with E-state index in [1.54, 1.807) is 39.1 Å². The molecule has 1 amide bonds. The first-order chi connectivity index (χ1) is 19.0. The summed E-state index contributed by atoms with van der Waals surface area (Å²) < 4.78 is 26.4. The molecule has 1 saturated heterocycles. The summed E-state index contributed by atoms with van der Waals surface area (Å²) in [6.07, 6.45) is 0.00422. The number of methoxy groups -OCH3 is 4. The van der Waals surface area contributed by atoms with Crippen LogP contribution in [0.5, 0.6) is 5.75 Å². The molecular formula is C28H29N3O9. The van der Waals surface area contributed by atoms with Crippen LogP contribution in [0.25, 0.3) is 0 Å². The van der Waals surface area contributed by atoms with Gasteiger partial charge >= 0.3 is 17.9 Å². The largest absolute Gasteiger partial charge is 0.497 e. The lowest BCUT2D eigenvalue weighted by Crippen LogP contribution is -2.55. The highest BCUT2D eigenvalue weighted by atomic mass is 16.5. The Morgan fingerprint density at radius 3 is 2.27 bits per heavy atom. The van der Waals surface area contributed by atoms with E-state index in [-0.39, 0.29) is 29.1 Å². The number of esters is 3. The van der Waals surface area contributed by atoms with Crippen molar-refractivity contribution in [3.05, 3.63) is 58.2 Å². The number of ether oxygens (including phenoxy) is 4. The maximum absolute atomic E-state index is 14.2. The Morgan fingerprint density at radius 1 is 1.00 bits per heavy atom. The van der Waals surface area contributed by atoms with Crippen LogP contribution in [0.4, 0.5) is 5.69 Å². The van der Waals surface area contributed by atoms with Crippen LogP contribution in [0.3, 0.4) is 0 Å². The van der Waals surface area contributed by atoms with Crippen LogP contribution in [0.2, 0.25) is 0 Å². The Kier molecular flexibility index (Phi) is 6.43. The SMILES string of the molecule is COC(=O)C1=C(C(=O)OC)[C@@H]2N(C)c3ccc(OC)cc3[C@@]23C[C@@H](C(=O)OC)N(C(=O)c2cc(C)oc2C)C3=N1. The Bertz CT molecular complexity index is 1520. The Labute approximate surface area is 230 Å². The van der Waals surface area contributed by atoms with Crippen LogP contribution in [-0.4, -0.2) is 82.1 Å². The lowest BCUT2D eigenvalue weighted by molar-refractivity contribution is -0.144. The minimum Gasteiger partial charge on any atom is -0.497 e. The highest BCUT2D eigenvalue weighted by Gasteiger charge is 2.67. The maximum atomic E-state index is 14.2. The third-order valence-electron chi connectivity index (χ3n) is 7.87. The fraction of sp³-hybridized carbons (Fsp3) is 0.393. The van der Waals surface area contributed by atoms with Gasteiger partial charge in [0.15, 0.2) is 5.70 Å². The molecule has 1 aromatic heterocycles. The summed E-state index contributed by atoms with van der Waals surface area (Å²) in [6, 6.07) is 4.90. The molecule has 4 heterocycles. The number of hydrogen-bond acceptors (Lipinski definition) is 11. The zero-order valence-electron chi connectivity index (χ0n) is 23.2. The van der Waals surface area contributed by atoms with E-state index in [1.807, 2.05) is 11.0 Å². The second-order valence-electron chi connectivity index (χ2n) is 9.79. The molecule has 12 heteroatoms. The van der Waals surface area contributed by atoms with Gasteiger partial charge in [0.1, 0.15) is 29.1 Å². The van der Waals surface area contributed by atoms with E-state index in [0.29, 0.717) is 28.5 Å². The number of rotatable bonds is 5. The monoisotopic (exact) mass is 551 g/mol. The first-order valence-electron chi connectivity index (χ1n) is 12.4. The zero-order valence-corrected chi connectivity index (χ0v) is 23.2. The third-order valence-corrected chi connectivity index (χ3v) is 7.87. The molecule has 2 aromatic rings. The van der Waals surface area contributed by atoms with Crippen LogP contribution < -0.4 is 9.64 Å². The van der Waals surface area contributed by atoms with Crippen molar-refractivity contribution in [2.45, 2.75) is 37.8 Å². The van der Waals surface area contributed by atoms with Gasteiger partial charge in [-0.25, -0.2) is 19.4 Å². The van der Waals surface area contributed by atoms with E-state index in [4.69, 9.17) is 23.4 Å². The van der Waals surface area contributed by atoms with Crippen molar-refractivity contribution in [1.29, 1.82) is 0 Å². The first-order valence-corrected chi connectivity index (χ1v) is 12.4. The van der Waals surface area contributed by atoms with Gasteiger partial charge in [0.05, 0.1) is 51.0 Å². The summed E-state index contributed by atoms with van der Waals surface area (Å²) in [6.45, 7) is 3.35. The molecule has 0 aliphatic carbocycles. The van der Waals surface area contributed by atoms with Gasteiger partial charge in [-0.1, -0.05) is 0 Å². The standard InChI is InChI=1S/C28H29N3O9/c1-13-10-16(14(2)40-13)23(32)31-19(24(33)37-5)12-28-17-11-15(36-4)8-9-18(17)30(3)22(28)20(25(34)38-6)21(26(35)39-7)29-27(28)31/h8-11,19,22H,12H2,1-7H3/t19-,22-,28-/m0/s1. The van der Waals surface area contributed by atoms with Gasteiger partial charge in [0, 0.05) is 12.7 Å². The minimum atomic E-state index is -1.25. The maximum Gasteiger partial charge on any atom is 0.357 e. The van der Waals surface area contributed by atoms with E-state index in [9.17, 15) is 19.2 Å². The summed E-state index contributed by atoms with van der Waals surface area (Å²) in [4.78, 5) is 61.6. The van der Waals surface area contributed by atoms with Gasteiger partial charge in [-0.05, 0) is 50.1 Å². The van der Waals surface area contributed by atoms with Crippen LogP contribution in [0, 0.1) is 13.8 Å². The molecule has 1 fully saturated rings. The zero-order chi connectivity index (χ0) is 29.1. The lowest BCUT2D eigenvalue weighted by Gasteiger charge is -2.39. The molecule has 3 atom stereocenters. The van der Waals surface area contributed by atoms with Crippen molar-refractivity contribution in [3.63, 3.8) is 0 Å². The third kappa shape index (κ3) is 3.55. The van der Waals surface area contributed by atoms with E-state index in [2.05, 4.69) is 4.99 Å². The number of fused-ring (bicyclic) bond motifs is 1. The van der Waals surface area contributed by atoms with Crippen molar-refractivity contribution in [2.75, 3.05) is 40.4 Å². The minimum absolute atomic E-state index is 0.00422. The predicted octanol–water partition coefficient (Wildman–Crippen LogP) is 2.06. The summed E-state index contributed by atoms with van der Waals surface area (Å²) in [5, 5.41) is 0. The average molecular weight is 552 g/mol. The number of carbonyl (C=O) groups excluding carboxylic acids is 4. The van der Waals surface area contributed by atoms with E-state index < -0.39 is 41.3 Å². The first kappa shape index (κ1) is 27.0. The Hall–Kier alpha value is -4.61. The highest BCUT2D eigenvalue weighted by Crippen LogP contribution is 2.58. The summed E-state index contributed by atoms with van der Waals surface area (Å²) in [7, 11) is 6.87. The lowest BCUT2D eigenvalue weighted by atomic mass is 9.69. The topological polar surface area (TPSA) is 137 Å². The summed E-state index contributed by atoms with van der Waals surface area (Å²) >= 11 is 0. The molecule has 12 nitrogen and oxygen atoms in total. The highest BCUT2D eigenvalue weighted by molar-refractivity contribution is 6.20. The molecule has 3 aliphatic heterocycles. The van der Waals surface area contributed by atoms with Gasteiger partial charge in [-0.15, -0.1) is 0 Å². The number of anilines is 1. The van der Waals surface area contributed by atoms with Gasteiger partial charge in [0.25, 0.3) is 5.91 Å². The normalized spacial score (nSPS) is 22.7. The molecule has 210 valence electrons. The number of amidine groups is 1. The number of likely N-dealkylation sites (N-methyl/N-ethyl adjacent to an activating group) is 1. The van der Waals surface area contributed by atoms with Gasteiger partial charge in [-0.3, -0.25) is 9.69 Å². The smallest absolute Gasteiger partial charge is 0.357 e. The van der Waals surface area contributed by atoms with Crippen LogP contribution in [-0.2, 0) is 34.0 Å². The van der Waals surface area contributed by atoms with Gasteiger partial charge in [-0.2, -0.15) is 0 Å². The molecular weight excluding hydrogens is 522 g/mol. The second kappa shape index (κ2) is 9.54. The summed E-state index contributed by atoms with van der Waals surface area (Å²) in [5.74, 6) is -1.46. The molecule has 40 heavy (non-hydrogen) atoms. The number of likely N-dealkylation sites (tertiary alicyclic amines) is 1. The van der Waals surface area contributed by atoms with E-state index >= 15 is 0 Å². The van der Waals surface area contributed by atoms with Crippen molar-refractivity contribution >= 4 is 35.3 Å². The molecule has 1 spiro atoms. The fourth-order valence-corrected chi connectivity index (χ4v) is 6.23. The average Bonchev–Trinajstić information content (AvgIpc) is 3.57.